The number of hydrogen-bond acceptors (Lipinski definition) is 7. The molecule has 43 heavy (non-hydrogen) atoms. The van der Waals surface area contributed by atoms with Crippen LogP contribution in [0.15, 0.2) is 89.5 Å². The van der Waals surface area contributed by atoms with E-state index in [9.17, 15) is 14.7 Å². The van der Waals surface area contributed by atoms with Crippen molar-refractivity contribution >= 4 is 60.4 Å². The number of anilines is 2. The standard InChI is InChI=1S/C33H30BrN5O3S/c34-24-10-6-9-22(19-24)13-14-26-25(29(40)41)21-35-31(36-26)39-17-15-33(16-18-39,20-23-7-2-1-3-8-23)30(42)38-32-37-27-11-4-5-12-28(27)43-32/h1-12,19,21H,13-18,20H2,(H,40,41)(H,37,38,42). The number of carboxylic acid groups (broad SMARTS) is 1. The number of nitrogens with zero attached hydrogens (tertiary/aromatic N) is 4. The molecule has 3 aromatic carbocycles. The zero-order valence-electron chi connectivity index (χ0n) is 23.4. The molecule has 1 fully saturated rings. The average molecular weight is 657 g/mol. The number of aryl methyl sites for hydroxylation is 2. The molecule has 1 saturated heterocycles. The van der Waals surface area contributed by atoms with Crippen LogP contribution in [0, 0.1) is 5.41 Å². The number of carboxylic acids is 1. The van der Waals surface area contributed by atoms with Crippen LogP contribution in [0.5, 0.6) is 0 Å². The van der Waals surface area contributed by atoms with E-state index in [1.165, 1.54) is 17.5 Å². The van der Waals surface area contributed by atoms with Gasteiger partial charge >= 0.3 is 5.97 Å². The van der Waals surface area contributed by atoms with Gasteiger partial charge < -0.3 is 15.3 Å². The predicted molar refractivity (Wildman–Crippen MR) is 173 cm³/mol. The molecule has 218 valence electrons. The number of rotatable bonds is 9. The number of thiazole rings is 1. The summed E-state index contributed by atoms with van der Waals surface area (Å²) in [7, 11) is 0. The SMILES string of the molecule is O=C(O)c1cnc(N2CCC(Cc3ccccc3)(C(=O)Nc3nc4ccccc4s3)CC2)nc1CCc1cccc(Br)c1. The Morgan fingerprint density at radius 1 is 0.930 bits per heavy atom. The Morgan fingerprint density at radius 2 is 1.67 bits per heavy atom. The Hall–Kier alpha value is -4.15. The molecule has 6 rings (SSSR count). The van der Waals surface area contributed by atoms with Crippen molar-refractivity contribution in [2.75, 3.05) is 23.3 Å². The first-order valence-electron chi connectivity index (χ1n) is 14.2. The highest BCUT2D eigenvalue weighted by molar-refractivity contribution is 9.10. The van der Waals surface area contributed by atoms with Crippen molar-refractivity contribution in [1.82, 2.24) is 15.0 Å². The van der Waals surface area contributed by atoms with Gasteiger partial charge in [0.15, 0.2) is 5.13 Å². The Labute approximate surface area is 262 Å². The quantitative estimate of drug-likeness (QED) is 0.180. The fraction of sp³-hybridized carbons (Fsp3) is 0.242. The molecule has 0 unspecified atom stereocenters. The van der Waals surface area contributed by atoms with Gasteiger partial charge in [0.1, 0.15) is 0 Å². The van der Waals surface area contributed by atoms with Gasteiger partial charge in [-0.25, -0.2) is 19.7 Å². The van der Waals surface area contributed by atoms with E-state index < -0.39 is 11.4 Å². The molecule has 2 aromatic heterocycles. The van der Waals surface area contributed by atoms with Crippen molar-refractivity contribution < 1.29 is 14.7 Å². The summed E-state index contributed by atoms with van der Waals surface area (Å²) in [4.78, 5) is 41.8. The number of piperidine rings is 1. The molecule has 1 aliphatic heterocycles. The summed E-state index contributed by atoms with van der Waals surface area (Å²) >= 11 is 4.98. The molecule has 3 heterocycles. The fourth-order valence-corrected chi connectivity index (χ4v) is 6.95. The van der Waals surface area contributed by atoms with Gasteiger partial charge in [0.25, 0.3) is 0 Å². The zero-order chi connectivity index (χ0) is 29.8. The van der Waals surface area contributed by atoms with Crippen LogP contribution >= 0.6 is 27.3 Å². The third kappa shape index (κ3) is 6.60. The molecule has 1 aliphatic rings. The van der Waals surface area contributed by atoms with Crippen LogP contribution in [-0.4, -0.2) is 45.0 Å². The molecular weight excluding hydrogens is 626 g/mol. The molecule has 8 nitrogen and oxygen atoms in total. The first kappa shape index (κ1) is 28.9. The third-order valence-electron chi connectivity index (χ3n) is 8.01. The minimum Gasteiger partial charge on any atom is -0.478 e. The number of fused-ring (bicyclic) bond motifs is 1. The van der Waals surface area contributed by atoms with E-state index in [-0.39, 0.29) is 11.5 Å². The highest BCUT2D eigenvalue weighted by Gasteiger charge is 2.42. The number of amides is 1. The minimum atomic E-state index is -1.04. The van der Waals surface area contributed by atoms with Crippen LogP contribution in [0.4, 0.5) is 11.1 Å². The maximum atomic E-state index is 14.0. The van der Waals surface area contributed by atoms with Crippen LogP contribution in [0.3, 0.4) is 0 Å². The van der Waals surface area contributed by atoms with Crippen LogP contribution in [0.25, 0.3) is 10.2 Å². The van der Waals surface area contributed by atoms with Crippen molar-refractivity contribution in [1.29, 1.82) is 0 Å². The van der Waals surface area contributed by atoms with Crippen molar-refractivity contribution in [2.24, 2.45) is 5.41 Å². The molecule has 0 saturated carbocycles. The Kier molecular flexibility index (Phi) is 8.49. The highest BCUT2D eigenvalue weighted by Crippen LogP contribution is 2.38. The van der Waals surface area contributed by atoms with Crippen LogP contribution in [-0.2, 0) is 24.1 Å². The number of aromatic nitrogens is 3. The summed E-state index contributed by atoms with van der Waals surface area (Å²) in [5.41, 5.74) is 3.05. The second-order valence-corrected chi connectivity index (χ2v) is 12.8. The summed E-state index contributed by atoms with van der Waals surface area (Å²) in [6.45, 7) is 1.13. The summed E-state index contributed by atoms with van der Waals surface area (Å²) in [5, 5.41) is 13.5. The molecule has 0 bridgehead atoms. The molecule has 1 amide bonds. The summed E-state index contributed by atoms with van der Waals surface area (Å²) in [6, 6.07) is 25.9. The molecule has 10 heteroatoms. The monoisotopic (exact) mass is 655 g/mol. The maximum Gasteiger partial charge on any atom is 0.339 e. The van der Waals surface area contributed by atoms with Crippen molar-refractivity contribution in [3.63, 3.8) is 0 Å². The number of halogens is 1. The molecule has 0 spiro atoms. The van der Waals surface area contributed by atoms with E-state index in [2.05, 4.69) is 48.2 Å². The van der Waals surface area contributed by atoms with E-state index in [1.807, 2.05) is 66.7 Å². The smallest absolute Gasteiger partial charge is 0.339 e. The third-order valence-corrected chi connectivity index (χ3v) is 9.45. The molecule has 0 aliphatic carbocycles. The minimum absolute atomic E-state index is 0.0353. The lowest BCUT2D eigenvalue weighted by molar-refractivity contribution is -0.126. The number of nitrogens with one attached hydrogen (secondary N) is 1. The summed E-state index contributed by atoms with van der Waals surface area (Å²) in [5.74, 6) is -0.580. The van der Waals surface area contributed by atoms with Gasteiger partial charge in [-0.2, -0.15) is 0 Å². The lowest BCUT2D eigenvalue weighted by atomic mass is 9.73. The van der Waals surface area contributed by atoms with Crippen LogP contribution < -0.4 is 10.2 Å². The zero-order valence-corrected chi connectivity index (χ0v) is 25.8. The number of para-hydroxylation sites is 1. The van der Waals surface area contributed by atoms with Gasteiger partial charge in [0, 0.05) is 23.8 Å². The topological polar surface area (TPSA) is 108 Å². The largest absolute Gasteiger partial charge is 0.478 e. The van der Waals surface area contributed by atoms with Gasteiger partial charge in [-0.05, 0) is 67.5 Å². The first-order chi connectivity index (χ1) is 20.9. The van der Waals surface area contributed by atoms with Gasteiger partial charge in [-0.15, -0.1) is 0 Å². The summed E-state index contributed by atoms with van der Waals surface area (Å²) in [6.07, 6.45) is 4.33. The lowest BCUT2D eigenvalue weighted by Gasteiger charge is -2.40. The molecule has 0 atom stereocenters. The van der Waals surface area contributed by atoms with Crippen LogP contribution in [0.1, 0.15) is 40.0 Å². The number of carbonyl (C=O) groups is 2. The van der Waals surface area contributed by atoms with E-state index in [4.69, 9.17) is 4.98 Å². The predicted octanol–water partition coefficient (Wildman–Crippen LogP) is 6.80. The maximum absolute atomic E-state index is 14.0. The lowest BCUT2D eigenvalue weighted by Crippen LogP contribution is -2.48. The van der Waals surface area contributed by atoms with E-state index >= 15 is 0 Å². The molecular formula is C33H30BrN5O3S. The number of carbonyl (C=O) groups excluding carboxylic acids is 1. The Bertz CT molecular complexity index is 1740. The van der Waals surface area contributed by atoms with Gasteiger partial charge in [-0.1, -0.05) is 81.9 Å². The van der Waals surface area contributed by atoms with Crippen molar-refractivity contribution in [3.05, 3.63) is 112 Å². The highest BCUT2D eigenvalue weighted by atomic mass is 79.9. The average Bonchev–Trinajstić information content (AvgIpc) is 3.43. The second-order valence-electron chi connectivity index (χ2n) is 10.8. The molecule has 0 radical (unpaired) electrons. The van der Waals surface area contributed by atoms with Gasteiger partial charge in [0.05, 0.1) is 26.9 Å². The number of hydrogen-bond donors (Lipinski definition) is 2. The van der Waals surface area contributed by atoms with E-state index in [1.54, 1.807) is 0 Å². The van der Waals surface area contributed by atoms with Crippen molar-refractivity contribution in [2.45, 2.75) is 32.1 Å². The Balaban J connectivity index is 1.22. The van der Waals surface area contributed by atoms with E-state index in [0.29, 0.717) is 62.0 Å². The Morgan fingerprint density at radius 3 is 2.42 bits per heavy atom. The normalized spacial score (nSPS) is 14.5. The van der Waals surface area contributed by atoms with E-state index in [0.717, 1.165) is 25.8 Å². The number of aromatic carboxylic acids is 1. The molecule has 2 N–H and O–H groups in total. The second kappa shape index (κ2) is 12.6. The fourth-order valence-electron chi connectivity index (χ4n) is 5.64. The number of benzene rings is 3. The first-order valence-corrected chi connectivity index (χ1v) is 15.8. The van der Waals surface area contributed by atoms with Crippen LogP contribution in [0.2, 0.25) is 0 Å². The van der Waals surface area contributed by atoms with Crippen molar-refractivity contribution in [3.8, 4) is 0 Å². The van der Waals surface area contributed by atoms with Gasteiger partial charge in [0.2, 0.25) is 11.9 Å². The van der Waals surface area contributed by atoms with Gasteiger partial charge in [-0.3, -0.25) is 4.79 Å². The summed E-state index contributed by atoms with van der Waals surface area (Å²) < 4.78 is 2.01. The molecule has 5 aromatic rings.